The van der Waals surface area contributed by atoms with Gasteiger partial charge in [0.05, 0.1) is 11.4 Å². The number of nitrogens with one attached hydrogen (secondary N) is 1. The normalized spacial score (nSPS) is 19.9. The number of carbonyl (C=O) groups is 1. The summed E-state index contributed by atoms with van der Waals surface area (Å²) in [4.78, 5) is 12.9. The van der Waals surface area contributed by atoms with Gasteiger partial charge in [-0.1, -0.05) is 54.5 Å². The Morgan fingerprint density at radius 1 is 0.963 bits per heavy atom. The number of hydrogen-bond acceptors (Lipinski definition) is 3. The van der Waals surface area contributed by atoms with Crippen molar-refractivity contribution in [1.82, 2.24) is 9.62 Å². The Morgan fingerprint density at radius 2 is 1.52 bits per heavy atom. The van der Waals surface area contributed by atoms with E-state index in [1.807, 2.05) is 0 Å². The number of nitrogens with zero attached hydrogens (tertiary/aromatic N) is 1. The first-order valence-corrected chi connectivity index (χ1v) is 12.3. The number of benzene rings is 1. The van der Waals surface area contributed by atoms with E-state index in [4.69, 9.17) is 0 Å². The van der Waals surface area contributed by atoms with Gasteiger partial charge in [-0.15, -0.1) is 0 Å². The third-order valence-corrected chi connectivity index (χ3v) is 8.11. The highest BCUT2D eigenvalue weighted by molar-refractivity contribution is 9.10. The molecular formula is C20H29BrN2O3S. The zero-order valence-corrected chi connectivity index (χ0v) is 18.1. The molecule has 0 heterocycles. The molecule has 0 unspecified atom stereocenters. The van der Waals surface area contributed by atoms with Crippen LogP contribution in [0.5, 0.6) is 0 Å². The lowest BCUT2D eigenvalue weighted by molar-refractivity contribution is -0.122. The summed E-state index contributed by atoms with van der Waals surface area (Å²) in [6.07, 6.45) is 10.3. The van der Waals surface area contributed by atoms with Crippen molar-refractivity contribution in [3.8, 4) is 0 Å². The first-order chi connectivity index (χ1) is 13.0. The number of sulfonamides is 1. The maximum absolute atomic E-state index is 13.3. The van der Waals surface area contributed by atoms with E-state index in [0.29, 0.717) is 0 Å². The monoisotopic (exact) mass is 456 g/mol. The molecule has 3 rings (SSSR count). The number of hydrogen-bond donors (Lipinski definition) is 1. The zero-order valence-electron chi connectivity index (χ0n) is 15.7. The SMILES string of the molecule is O=C(CN(C1CCCCC1)S(=O)(=O)c1ccc(Br)cc1)NC1CCCCC1. The van der Waals surface area contributed by atoms with Crippen molar-refractivity contribution in [2.24, 2.45) is 0 Å². The number of rotatable bonds is 6. The maximum atomic E-state index is 13.3. The summed E-state index contributed by atoms with van der Waals surface area (Å²) in [6.45, 7) is -0.0838. The molecule has 2 saturated carbocycles. The van der Waals surface area contributed by atoms with Crippen LogP contribution in [0.4, 0.5) is 0 Å². The molecule has 2 aliphatic rings. The van der Waals surface area contributed by atoms with E-state index < -0.39 is 10.0 Å². The summed E-state index contributed by atoms with van der Waals surface area (Å²) in [5.74, 6) is -0.173. The van der Waals surface area contributed by atoms with Gasteiger partial charge >= 0.3 is 0 Å². The van der Waals surface area contributed by atoms with Crippen LogP contribution in [0.3, 0.4) is 0 Å². The highest BCUT2D eigenvalue weighted by Crippen LogP contribution is 2.28. The molecule has 1 aromatic carbocycles. The second-order valence-electron chi connectivity index (χ2n) is 7.70. The van der Waals surface area contributed by atoms with Crippen LogP contribution in [0.25, 0.3) is 0 Å². The fourth-order valence-electron chi connectivity index (χ4n) is 4.18. The van der Waals surface area contributed by atoms with Crippen molar-refractivity contribution in [2.75, 3.05) is 6.54 Å². The standard InChI is InChI=1S/C20H29BrN2O3S/c21-16-11-13-19(14-12-16)27(25,26)23(18-9-5-2-6-10-18)15-20(24)22-17-7-3-1-4-8-17/h11-14,17-18H,1-10,15H2,(H,22,24). The number of carbonyl (C=O) groups excluding carboxylic acids is 1. The average molecular weight is 457 g/mol. The Bertz CT molecular complexity index is 724. The second kappa shape index (κ2) is 9.52. The van der Waals surface area contributed by atoms with Crippen molar-refractivity contribution in [1.29, 1.82) is 0 Å². The molecule has 150 valence electrons. The molecule has 0 radical (unpaired) electrons. The molecule has 0 saturated heterocycles. The fourth-order valence-corrected chi connectivity index (χ4v) is 6.09. The minimum Gasteiger partial charge on any atom is -0.352 e. The van der Waals surface area contributed by atoms with E-state index >= 15 is 0 Å². The molecule has 5 nitrogen and oxygen atoms in total. The summed E-state index contributed by atoms with van der Waals surface area (Å²) >= 11 is 3.35. The molecule has 1 amide bonds. The lowest BCUT2D eigenvalue weighted by atomic mass is 9.95. The van der Waals surface area contributed by atoms with Gasteiger partial charge in [-0.2, -0.15) is 4.31 Å². The second-order valence-corrected chi connectivity index (χ2v) is 10.5. The van der Waals surface area contributed by atoms with Gasteiger partial charge in [-0.05, 0) is 49.9 Å². The highest BCUT2D eigenvalue weighted by atomic mass is 79.9. The van der Waals surface area contributed by atoms with E-state index in [0.717, 1.165) is 62.3 Å². The van der Waals surface area contributed by atoms with Gasteiger partial charge in [-0.3, -0.25) is 4.79 Å². The quantitative estimate of drug-likeness (QED) is 0.696. The van der Waals surface area contributed by atoms with Crippen molar-refractivity contribution < 1.29 is 13.2 Å². The summed E-state index contributed by atoms with van der Waals surface area (Å²) in [5.41, 5.74) is 0. The van der Waals surface area contributed by atoms with Gasteiger partial charge in [-0.25, -0.2) is 8.42 Å². The van der Waals surface area contributed by atoms with Crippen LogP contribution in [-0.2, 0) is 14.8 Å². The molecule has 0 atom stereocenters. The van der Waals surface area contributed by atoms with Gasteiger partial charge < -0.3 is 5.32 Å². The average Bonchev–Trinajstić information content (AvgIpc) is 2.68. The molecule has 0 bridgehead atoms. The van der Waals surface area contributed by atoms with Crippen molar-refractivity contribution in [3.05, 3.63) is 28.7 Å². The maximum Gasteiger partial charge on any atom is 0.243 e. The van der Waals surface area contributed by atoms with E-state index in [1.165, 1.54) is 10.7 Å². The lowest BCUT2D eigenvalue weighted by Gasteiger charge is -2.33. The van der Waals surface area contributed by atoms with Gasteiger partial charge in [0.1, 0.15) is 0 Å². The van der Waals surface area contributed by atoms with Crippen LogP contribution in [0, 0.1) is 0 Å². The largest absolute Gasteiger partial charge is 0.352 e. The highest BCUT2D eigenvalue weighted by Gasteiger charge is 2.34. The number of amides is 1. The van der Waals surface area contributed by atoms with Crippen LogP contribution in [0.2, 0.25) is 0 Å². The first-order valence-electron chi connectivity index (χ1n) is 10.0. The van der Waals surface area contributed by atoms with E-state index in [1.54, 1.807) is 24.3 Å². The van der Waals surface area contributed by atoms with E-state index in [-0.39, 0.29) is 29.4 Å². The molecule has 27 heavy (non-hydrogen) atoms. The van der Waals surface area contributed by atoms with Crippen LogP contribution in [0.1, 0.15) is 64.2 Å². The molecule has 0 aromatic heterocycles. The first kappa shape index (κ1) is 20.8. The van der Waals surface area contributed by atoms with Crippen LogP contribution < -0.4 is 5.32 Å². The van der Waals surface area contributed by atoms with Crippen molar-refractivity contribution in [3.63, 3.8) is 0 Å². The van der Waals surface area contributed by atoms with E-state index in [9.17, 15) is 13.2 Å². The molecule has 2 fully saturated rings. The Labute approximate surface area is 171 Å². The summed E-state index contributed by atoms with van der Waals surface area (Å²) in [5, 5.41) is 3.07. The summed E-state index contributed by atoms with van der Waals surface area (Å²) in [6, 6.07) is 6.77. The zero-order chi connectivity index (χ0) is 19.3. The Hall–Kier alpha value is -0.920. The smallest absolute Gasteiger partial charge is 0.243 e. The third-order valence-electron chi connectivity index (χ3n) is 5.67. The Balaban J connectivity index is 1.77. The van der Waals surface area contributed by atoms with Gasteiger partial charge in [0.25, 0.3) is 0 Å². The predicted octanol–water partition coefficient (Wildman–Crippen LogP) is 4.22. The summed E-state index contributed by atoms with van der Waals surface area (Å²) < 4.78 is 28.9. The molecule has 1 aromatic rings. The lowest BCUT2D eigenvalue weighted by Crippen LogP contribution is -2.49. The van der Waals surface area contributed by atoms with Crippen LogP contribution in [-0.4, -0.2) is 37.3 Å². The third kappa shape index (κ3) is 5.55. The predicted molar refractivity (Wildman–Crippen MR) is 110 cm³/mol. The number of halogens is 1. The van der Waals surface area contributed by atoms with Crippen molar-refractivity contribution in [2.45, 2.75) is 81.2 Å². The minimum absolute atomic E-state index is 0.0838. The topological polar surface area (TPSA) is 66.5 Å². The van der Waals surface area contributed by atoms with Gasteiger partial charge in [0.15, 0.2) is 0 Å². The Kier molecular flexibility index (Phi) is 7.34. The fraction of sp³-hybridized carbons (Fsp3) is 0.650. The molecule has 0 spiro atoms. The van der Waals surface area contributed by atoms with Crippen LogP contribution in [0.15, 0.2) is 33.6 Å². The van der Waals surface area contributed by atoms with Gasteiger partial charge in [0, 0.05) is 16.6 Å². The molecular weight excluding hydrogens is 428 g/mol. The summed E-state index contributed by atoms with van der Waals surface area (Å²) in [7, 11) is -3.70. The Morgan fingerprint density at radius 3 is 2.11 bits per heavy atom. The molecule has 2 aliphatic carbocycles. The van der Waals surface area contributed by atoms with Crippen molar-refractivity contribution >= 4 is 31.9 Å². The minimum atomic E-state index is -3.70. The molecule has 0 aliphatic heterocycles. The van der Waals surface area contributed by atoms with Crippen LogP contribution >= 0.6 is 15.9 Å². The molecule has 1 N–H and O–H groups in total. The van der Waals surface area contributed by atoms with Gasteiger partial charge in [0.2, 0.25) is 15.9 Å². The van der Waals surface area contributed by atoms with E-state index in [2.05, 4.69) is 21.2 Å². The molecule has 7 heteroatoms.